The van der Waals surface area contributed by atoms with Crippen LogP contribution >= 0.6 is 23.1 Å². The summed E-state index contributed by atoms with van der Waals surface area (Å²) < 4.78 is 16.4. The van der Waals surface area contributed by atoms with Crippen LogP contribution in [0.15, 0.2) is 80.4 Å². The molecular weight excluding hydrogens is 472 g/mol. The molecule has 0 saturated heterocycles. The van der Waals surface area contributed by atoms with E-state index in [9.17, 15) is 4.79 Å². The molecule has 10 heteroatoms. The second-order valence-corrected chi connectivity index (χ2v) is 9.05. The van der Waals surface area contributed by atoms with Gasteiger partial charge < -0.3 is 23.9 Å². The highest BCUT2D eigenvalue weighted by Gasteiger charge is 2.18. The normalized spacial score (nSPS) is 11.0. The molecule has 0 atom stereocenters. The molecule has 0 spiro atoms. The Balaban J connectivity index is 1.20. The summed E-state index contributed by atoms with van der Waals surface area (Å²) in [5, 5.41) is 6.00. The lowest BCUT2D eigenvalue weighted by Gasteiger charge is -2.05. The van der Waals surface area contributed by atoms with E-state index < -0.39 is 0 Å². The zero-order chi connectivity index (χ0) is 23.3. The van der Waals surface area contributed by atoms with E-state index in [-0.39, 0.29) is 5.91 Å². The van der Waals surface area contributed by atoms with Crippen molar-refractivity contribution in [2.75, 3.05) is 18.2 Å². The Morgan fingerprint density at radius 1 is 1.09 bits per heavy atom. The summed E-state index contributed by atoms with van der Waals surface area (Å²) in [4.78, 5) is 24.9. The largest absolute Gasteiger partial charge is 0.496 e. The van der Waals surface area contributed by atoms with Crippen molar-refractivity contribution < 1.29 is 18.4 Å². The van der Waals surface area contributed by atoms with Crippen LogP contribution in [-0.4, -0.2) is 33.7 Å². The number of H-pyrrole nitrogens is 1. The predicted molar refractivity (Wildman–Crippen MR) is 132 cm³/mol. The molecule has 0 saturated carbocycles. The molecule has 0 bridgehead atoms. The highest BCUT2D eigenvalue weighted by molar-refractivity contribution is 7.99. The first-order valence-electron chi connectivity index (χ1n) is 10.4. The van der Waals surface area contributed by atoms with Crippen LogP contribution < -0.4 is 10.1 Å². The molecule has 0 aliphatic carbocycles. The molecule has 4 aromatic heterocycles. The lowest BCUT2D eigenvalue weighted by Crippen LogP contribution is -2.12. The third-order valence-corrected chi connectivity index (χ3v) is 6.54. The lowest BCUT2D eigenvalue weighted by atomic mass is 10.1. The Bertz CT molecular complexity index is 1320. The average Bonchev–Trinajstić information content (AvgIpc) is 3.66. The van der Waals surface area contributed by atoms with Crippen LogP contribution in [0.3, 0.4) is 0 Å². The zero-order valence-corrected chi connectivity index (χ0v) is 19.7. The summed E-state index contributed by atoms with van der Waals surface area (Å²) in [6, 6.07) is 15.0. The molecule has 34 heavy (non-hydrogen) atoms. The van der Waals surface area contributed by atoms with Gasteiger partial charge in [0.1, 0.15) is 17.1 Å². The number of furan rings is 2. The summed E-state index contributed by atoms with van der Waals surface area (Å²) in [6.45, 7) is 0. The van der Waals surface area contributed by atoms with Crippen molar-refractivity contribution in [1.82, 2.24) is 15.0 Å². The molecule has 1 amide bonds. The Morgan fingerprint density at radius 3 is 2.65 bits per heavy atom. The van der Waals surface area contributed by atoms with E-state index in [1.165, 1.54) is 23.1 Å². The van der Waals surface area contributed by atoms with Crippen molar-refractivity contribution in [2.45, 2.75) is 11.6 Å². The van der Waals surface area contributed by atoms with Gasteiger partial charge in [-0.3, -0.25) is 4.79 Å². The van der Waals surface area contributed by atoms with Crippen LogP contribution in [0.1, 0.15) is 6.42 Å². The van der Waals surface area contributed by atoms with Crippen molar-refractivity contribution in [3.8, 4) is 39.9 Å². The predicted octanol–water partition coefficient (Wildman–Crippen LogP) is 6.18. The molecule has 8 nitrogen and oxygen atoms in total. The van der Waals surface area contributed by atoms with Gasteiger partial charge in [0.05, 0.1) is 25.3 Å². The topological polar surface area (TPSA) is 106 Å². The van der Waals surface area contributed by atoms with E-state index in [2.05, 4.69) is 20.3 Å². The van der Waals surface area contributed by atoms with Crippen LogP contribution in [0.4, 0.5) is 5.13 Å². The third-order valence-electron chi connectivity index (χ3n) is 4.91. The quantitative estimate of drug-likeness (QED) is 0.237. The number of carbonyl (C=O) groups is 1. The fraction of sp³-hybridized carbons (Fsp3) is 0.125. The van der Waals surface area contributed by atoms with E-state index in [1.807, 2.05) is 53.9 Å². The Hall–Kier alpha value is -3.76. The number of thioether (sulfide) groups is 1. The van der Waals surface area contributed by atoms with Crippen LogP contribution in [0.2, 0.25) is 0 Å². The summed E-state index contributed by atoms with van der Waals surface area (Å²) >= 11 is 2.83. The van der Waals surface area contributed by atoms with Crippen molar-refractivity contribution in [3.63, 3.8) is 0 Å². The highest BCUT2D eigenvalue weighted by Crippen LogP contribution is 2.34. The van der Waals surface area contributed by atoms with Crippen LogP contribution in [0, 0.1) is 0 Å². The van der Waals surface area contributed by atoms with Gasteiger partial charge in [0, 0.05) is 23.1 Å². The van der Waals surface area contributed by atoms with Crippen LogP contribution in [-0.2, 0) is 4.79 Å². The molecule has 5 rings (SSSR count). The number of imidazole rings is 1. The second-order valence-electron chi connectivity index (χ2n) is 7.10. The minimum atomic E-state index is -0.113. The first-order chi connectivity index (χ1) is 16.7. The Kier molecular flexibility index (Phi) is 6.50. The molecule has 1 aromatic carbocycles. The number of anilines is 1. The molecule has 0 aliphatic heterocycles. The number of carbonyl (C=O) groups excluding carboxylic acids is 1. The first-order valence-corrected chi connectivity index (χ1v) is 12.3. The summed E-state index contributed by atoms with van der Waals surface area (Å²) in [6.07, 6.45) is 3.52. The monoisotopic (exact) mass is 492 g/mol. The van der Waals surface area contributed by atoms with E-state index in [0.29, 0.717) is 39.7 Å². The van der Waals surface area contributed by atoms with Crippen molar-refractivity contribution in [3.05, 3.63) is 66.4 Å². The van der Waals surface area contributed by atoms with E-state index in [1.54, 1.807) is 19.6 Å². The molecule has 0 fully saturated rings. The smallest absolute Gasteiger partial charge is 0.226 e. The summed E-state index contributed by atoms with van der Waals surface area (Å²) in [5.74, 6) is 2.47. The number of nitrogens with zero attached hydrogens (tertiary/aromatic N) is 2. The van der Waals surface area contributed by atoms with Crippen LogP contribution in [0.5, 0.6) is 5.75 Å². The number of rotatable bonds is 9. The molecule has 4 heterocycles. The van der Waals surface area contributed by atoms with Crippen LogP contribution in [0.25, 0.3) is 34.2 Å². The van der Waals surface area contributed by atoms with Gasteiger partial charge in [-0.1, -0.05) is 23.9 Å². The molecule has 0 unspecified atom stereocenters. The summed E-state index contributed by atoms with van der Waals surface area (Å²) in [5.41, 5.74) is 3.05. The number of para-hydroxylation sites is 1. The van der Waals surface area contributed by atoms with Crippen molar-refractivity contribution >= 4 is 34.1 Å². The van der Waals surface area contributed by atoms with Gasteiger partial charge in [0.2, 0.25) is 5.91 Å². The average molecular weight is 493 g/mol. The van der Waals surface area contributed by atoms with Gasteiger partial charge in [0.15, 0.2) is 21.8 Å². The molecule has 5 aromatic rings. The maximum atomic E-state index is 12.5. The van der Waals surface area contributed by atoms with Gasteiger partial charge >= 0.3 is 0 Å². The number of nitrogens with one attached hydrogen (secondary N) is 2. The summed E-state index contributed by atoms with van der Waals surface area (Å²) in [7, 11) is 1.62. The van der Waals surface area contributed by atoms with Gasteiger partial charge in [-0.15, -0.1) is 11.3 Å². The number of aromatic amines is 1. The zero-order valence-electron chi connectivity index (χ0n) is 18.1. The molecular formula is C24H20N4O4S2. The van der Waals surface area contributed by atoms with E-state index in [0.717, 1.165) is 22.7 Å². The Morgan fingerprint density at radius 2 is 1.88 bits per heavy atom. The number of amides is 1. The lowest BCUT2D eigenvalue weighted by molar-refractivity contribution is -0.115. The number of hydrogen-bond acceptors (Lipinski definition) is 8. The van der Waals surface area contributed by atoms with Crippen molar-refractivity contribution in [2.24, 2.45) is 0 Å². The minimum absolute atomic E-state index is 0.113. The SMILES string of the molecule is COc1ccccc1-c1csc(NC(=O)CCSc2nc(-c3ccco3)c(-c3ccco3)[nH]2)n1. The molecule has 0 aliphatic rings. The number of methoxy groups -OCH3 is 1. The minimum Gasteiger partial charge on any atom is -0.496 e. The third kappa shape index (κ3) is 4.78. The van der Waals surface area contributed by atoms with E-state index >= 15 is 0 Å². The number of hydrogen-bond donors (Lipinski definition) is 2. The standard InChI is InChI=1S/C24H20N4O4S2/c1-30-17-7-3-2-6-15(17)16-14-34-23(25-16)26-20(29)10-13-33-24-27-21(18-8-4-11-31-18)22(28-24)19-9-5-12-32-19/h2-9,11-12,14H,10,13H2,1H3,(H,27,28)(H,25,26,29). The van der Waals surface area contributed by atoms with E-state index in [4.69, 9.17) is 13.6 Å². The number of thiazole rings is 1. The maximum absolute atomic E-state index is 12.5. The Labute approximate surface area is 203 Å². The molecule has 0 radical (unpaired) electrons. The first kappa shape index (κ1) is 22.1. The number of benzene rings is 1. The number of aromatic nitrogens is 3. The highest BCUT2D eigenvalue weighted by atomic mass is 32.2. The molecule has 2 N–H and O–H groups in total. The second kappa shape index (κ2) is 10.0. The fourth-order valence-electron chi connectivity index (χ4n) is 3.34. The number of ether oxygens (including phenoxy) is 1. The van der Waals surface area contributed by atoms with Gasteiger partial charge in [-0.2, -0.15) is 0 Å². The van der Waals surface area contributed by atoms with Gasteiger partial charge in [0.25, 0.3) is 0 Å². The molecule has 172 valence electrons. The van der Waals surface area contributed by atoms with Gasteiger partial charge in [-0.25, -0.2) is 9.97 Å². The fourth-order valence-corrected chi connectivity index (χ4v) is 4.88. The van der Waals surface area contributed by atoms with Gasteiger partial charge in [-0.05, 0) is 36.4 Å². The maximum Gasteiger partial charge on any atom is 0.226 e. The van der Waals surface area contributed by atoms with Crippen molar-refractivity contribution in [1.29, 1.82) is 0 Å².